The van der Waals surface area contributed by atoms with Crippen LogP contribution >= 0.6 is 11.8 Å². The van der Waals surface area contributed by atoms with Gasteiger partial charge in [0.2, 0.25) is 0 Å². The highest BCUT2D eigenvalue weighted by Crippen LogP contribution is 2.31. The third-order valence-electron chi connectivity index (χ3n) is 4.48. The molecule has 0 aromatic carbocycles. The summed E-state index contributed by atoms with van der Waals surface area (Å²) in [4.78, 5) is 25.3. The van der Waals surface area contributed by atoms with E-state index in [0.717, 1.165) is 44.5 Å². The number of aliphatic carboxylic acids is 1. The largest absolute Gasteiger partial charge is 0.481 e. The monoisotopic (exact) mass is 314 g/mol. The summed E-state index contributed by atoms with van der Waals surface area (Å²) >= 11 is 1.91. The van der Waals surface area contributed by atoms with Crippen molar-refractivity contribution in [1.29, 1.82) is 0 Å². The van der Waals surface area contributed by atoms with E-state index in [1.54, 1.807) is 0 Å². The number of carboxylic acid groups (broad SMARTS) is 1. The molecule has 6 heteroatoms. The van der Waals surface area contributed by atoms with E-state index in [1.165, 1.54) is 0 Å². The van der Waals surface area contributed by atoms with Crippen LogP contribution in [0.1, 0.15) is 46.0 Å². The van der Waals surface area contributed by atoms with E-state index in [4.69, 9.17) is 5.11 Å². The fraction of sp³-hybridized carbons (Fsp3) is 0.867. The Kier molecular flexibility index (Phi) is 5.41. The molecule has 1 heterocycles. The standard InChI is InChI=1S/C15H26N2O3S/c1-15(2)6-7-17(8-9-21-15)14(20)16-12-5-3-4-11(10-12)13(18)19/h11-12H,3-10H2,1-2H3,(H,16,20)(H,18,19). The molecule has 0 aromatic rings. The fourth-order valence-corrected chi connectivity index (χ4v) is 4.13. The first-order valence-corrected chi connectivity index (χ1v) is 8.78. The van der Waals surface area contributed by atoms with Crippen LogP contribution in [0.25, 0.3) is 0 Å². The predicted molar refractivity (Wildman–Crippen MR) is 84.6 cm³/mol. The molecule has 2 fully saturated rings. The van der Waals surface area contributed by atoms with Gasteiger partial charge in [0.05, 0.1) is 5.92 Å². The second-order valence-electron chi connectivity index (χ2n) is 6.69. The van der Waals surface area contributed by atoms with Crippen molar-refractivity contribution in [2.75, 3.05) is 18.8 Å². The van der Waals surface area contributed by atoms with Crippen LogP contribution in [0, 0.1) is 5.92 Å². The van der Waals surface area contributed by atoms with E-state index >= 15 is 0 Å². The third-order valence-corrected chi connectivity index (χ3v) is 5.85. The van der Waals surface area contributed by atoms with Crippen LogP contribution in [0.4, 0.5) is 4.79 Å². The Morgan fingerprint density at radius 1 is 1.29 bits per heavy atom. The molecule has 2 amide bonds. The average molecular weight is 314 g/mol. The van der Waals surface area contributed by atoms with Crippen LogP contribution in [0.5, 0.6) is 0 Å². The van der Waals surface area contributed by atoms with Crippen LogP contribution in [0.2, 0.25) is 0 Å². The lowest BCUT2D eigenvalue weighted by atomic mass is 9.86. The molecule has 120 valence electrons. The molecular weight excluding hydrogens is 288 g/mol. The van der Waals surface area contributed by atoms with Gasteiger partial charge in [0.25, 0.3) is 0 Å². The van der Waals surface area contributed by atoms with Crippen molar-refractivity contribution in [3.8, 4) is 0 Å². The van der Waals surface area contributed by atoms with Gasteiger partial charge in [-0.1, -0.05) is 20.3 Å². The molecule has 1 aliphatic carbocycles. The highest BCUT2D eigenvalue weighted by molar-refractivity contribution is 8.00. The number of hydrogen-bond acceptors (Lipinski definition) is 3. The van der Waals surface area contributed by atoms with Gasteiger partial charge in [-0.2, -0.15) is 11.8 Å². The smallest absolute Gasteiger partial charge is 0.317 e. The highest BCUT2D eigenvalue weighted by Gasteiger charge is 2.30. The second kappa shape index (κ2) is 6.90. The molecule has 2 rings (SSSR count). The predicted octanol–water partition coefficient (Wildman–Crippen LogP) is 2.56. The van der Waals surface area contributed by atoms with Gasteiger partial charge in [-0.05, 0) is 25.7 Å². The van der Waals surface area contributed by atoms with Gasteiger partial charge in [0.1, 0.15) is 0 Å². The Hall–Kier alpha value is -0.910. The summed E-state index contributed by atoms with van der Waals surface area (Å²) in [7, 11) is 0. The molecule has 2 N–H and O–H groups in total. The Morgan fingerprint density at radius 2 is 2.05 bits per heavy atom. The maximum Gasteiger partial charge on any atom is 0.317 e. The topological polar surface area (TPSA) is 69.6 Å². The van der Waals surface area contributed by atoms with Gasteiger partial charge < -0.3 is 15.3 Å². The molecule has 0 spiro atoms. The highest BCUT2D eigenvalue weighted by atomic mass is 32.2. The zero-order chi connectivity index (χ0) is 15.5. The van der Waals surface area contributed by atoms with Gasteiger partial charge in [-0.3, -0.25) is 4.79 Å². The third kappa shape index (κ3) is 4.80. The molecule has 2 unspecified atom stereocenters. The van der Waals surface area contributed by atoms with Crippen molar-refractivity contribution in [2.24, 2.45) is 5.92 Å². The molecule has 1 saturated heterocycles. The van der Waals surface area contributed by atoms with E-state index < -0.39 is 5.97 Å². The Labute approximate surface area is 130 Å². The van der Waals surface area contributed by atoms with E-state index in [-0.39, 0.29) is 22.7 Å². The van der Waals surface area contributed by atoms with Crippen molar-refractivity contribution >= 4 is 23.8 Å². The van der Waals surface area contributed by atoms with E-state index in [0.29, 0.717) is 6.42 Å². The number of rotatable bonds is 2. The SMILES string of the molecule is CC1(C)CCN(C(=O)NC2CCCC(C(=O)O)C2)CCS1. The lowest BCUT2D eigenvalue weighted by molar-refractivity contribution is -0.143. The molecule has 21 heavy (non-hydrogen) atoms. The summed E-state index contributed by atoms with van der Waals surface area (Å²) in [6, 6.07) is -0.0133. The number of hydrogen-bond donors (Lipinski definition) is 2. The summed E-state index contributed by atoms with van der Waals surface area (Å²) in [6.45, 7) is 5.99. The van der Waals surface area contributed by atoms with Crippen LogP contribution in [-0.2, 0) is 4.79 Å². The van der Waals surface area contributed by atoms with Gasteiger partial charge in [0, 0.05) is 29.6 Å². The van der Waals surface area contributed by atoms with E-state index in [2.05, 4.69) is 19.2 Å². The summed E-state index contributed by atoms with van der Waals surface area (Å²) in [5, 5.41) is 12.2. The van der Waals surface area contributed by atoms with Crippen LogP contribution in [0.3, 0.4) is 0 Å². The van der Waals surface area contributed by atoms with Crippen molar-refractivity contribution in [2.45, 2.75) is 56.7 Å². The number of carbonyl (C=O) groups excluding carboxylic acids is 1. The Morgan fingerprint density at radius 3 is 2.76 bits per heavy atom. The molecule has 2 atom stereocenters. The first-order chi connectivity index (χ1) is 9.87. The van der Waals surface area contributed by atoms with Crippen LogP contribution < -0.4 is 5.32 Å². The van der Waals surface area contributed by atoms with Crippen molar-refractivity contribution in [3.63, 3.8) is 0 Å². The first-order valence-electron chi connectivity index (χ1n) is 7.79. The minimum absolute atomic E-state index is 0.0104. The zero-order valence-electron chi connectivity index (χ0n) is 12.9. The number of thioether (sulfide) groups is 1. The van der Waals surface area contributed by atoms with Crippen LogP contribution in [-0.4, -0.2) is 51.6 Å². The molecule has 1 aliphatic heterocycles. The summed E-state index contributed by atoms with van der Waals surface area (Å²) < 4.78 is 0.230. The molecule has 2 aliphatic rings. The molecule has 0 bridgehead atoms. The summed E-state index contributed by atoms with van der Waals surface area (Å²) in [5.41, 5.74) is 0. The second-order valence-corrected chi connectivity index (χ2v) is 8.50. The Balaban J connectivity index is 1.85. The molecule has 0 radical (unpaired) electrons. The van der Waals surface area contributed by atoms with Crippen LogP contribution in [0.15, 0.2) is 0 Å². The minimum atomic E-state index is -0.734. The number of amides is 2. The summed E-state index contributed by atoms with van der Waals surface area (Å²) in [5.74, 6) is -0.0763. The normalized spacial score (nSPS) is 29.5. The van der Waals surface area contributed by atoms with Gasteiger partial charge in [-0.15, -0.1) is 0 Å². The zero-order valence-corrected chi connectivity index (χ0v) is 13.7. The number of nitrogens with one attached hydrogen (secondary N) is 1. The lowest BCUT2D eigenvalue weighted by Gasteiger charge is -2.30. The molecule has 1 saturated carbocycles. The fourth-order valence-electron chi connectivity index (χ4n) is 3.03. The maximum atomic E-state index is 12.4. The number of carboxylic acids is 1. The minimum Gasteiger partial charge on any atom is -0.481 e. The Bertz CT molecular complexity index is 400. The van der Waals surface area contributed by atoms with Crippen molar-refractivity contribution in [3.05, 3.63) is 0 Å². The van der Waals surface area contributed by atoms with Gasteiger partial charge in [0.15, 0.2) is 0 Å². The molecule has 5 nitrogen and oxygen atoms in total. The number of carbonyl (C=O) groups is 2. The first kappa shape index (κ1) is 16.5. The maximum absolute atomic E-state index is 12.4. The van der Waals surface area contributed by atoms with Crippen molar-refractivity contribution < 1.29 is 14.7 Å². The van der Waals surface area contributed by atoms with E-state index in [9.17, 15) is 9.59 Å². The quantitative estimate of drug-likeness (QED) is 0.822. The average Bonchev–Trinajstić information content (AvgIpc) is 2.60. The molecule has 0 aromatic heterocycles. The van der Waals surface area contributed by atoms with Gasteiger partial charge >= 0.3 is 12.0 Å². The number of urea groups is 1. The number of nitrogens with zero attached hydrogens (tertiary/aromatic N) is 1. The van der Waals surface area contributed by atoms with Gasteiger partial charge in [-0.25, -0.2) is 4.79 Å². The molecular formula is C15H26N2O3S. The lowest BCUT2D eigenvalue weighted by Crippen LogP contribution is -2.47. The van der Waals surface area contributed by atoms with E-state index in [1.807, 2.05) is 16.7 Å². The van der Waals surface area contributed by atoms with Crippen molar-refractivity contribution in [1.82, 2.24) is 10.2 Å². The summed E-state index contributed by atoms with van der Waals surface area (Å²) in [6.07, 6.45) is 4.06.